The van der Waals surface area contributed by atoms with Crippen LogP contribution in [-0.2, 0) is 9.59 Å². The van der Waals surface area contributed by atoms with Gasteiger partial charge in [-0.3, -0.25) is 9.59 Å². The summed E-state index contributed by atoms with van der Waals surface area (Å²) in [5, 5.41) is 8.28. The first kappa shape index (κ1) is 26.2. The van der Waals surface area contributed by atoms with E-state index in [0.717, 1.165) is 4.42 Å². The second-order valence-electron chi connectivity index (χ2n) is 6.51. The van der Waals surface area contributed by atoms with Crippen LogP contribution in [0.25, 0.3) is 0 Å². The summed E-state index contributed by atoms with van der Waals surface area (Å²) >= 11 is 12.6. The number of ketones is 1. The van der Waals surface area contributed by atoms with Crippen LogP contribution >= 0.6 is 23.4 Å². The van der Waals surface area contributed by atoms with Gasteiger partial charge in [-0.15, -0.1) is 0 Å². The van der Waals surface area contributed by atoms with Gasteiger partial charge < -0.3 is 18.9 Å². The van der Waals surface area contributed by atoms with Crippen LogP contribution in [0.2, 0.25) is 5.02 Å². The van der Waals surface area contributed by atoms with Crippen molar-refractivity contribution in [1.82, 2.24) is 0 Å². The third-order valence-electron chi connectivity index (χ3n) is 4.29. The molecule has 9 nitrogen and oxygen atoms in total. The van der Waals surface area contributed by atoms with Gasteiger partial charge in [0.05, 0.1) is 33.1 Å². The molecule has 0 aromatic heterocycles. The van der Waals surface area contributed by atoms with Gasteiger partial charge >= 0.3 is 0 Å². The van der Waals surface area contributed by atoms with Crippen molar-refractivity contribution in [3.63, 3.8) is 0 Å². The second-order valence-corrected chi connectivity index (χ2v) is 7.22. The third-order valence-corrected chi connectivity index (χ3v) is 5.01. The molecule has 0 aliphatic rings. The van der Waals surface area contributed by atoms with E-state index in [9.17, 15) is 9.59 Å². The van der Waals surface area contributed by atoms with Crippen LogP contribution in [0, 0.1) is 0 Å². The van der Waals surface area contributed by atoms with Gasteiger partial charge in [-0.2, -0.15) is 10.2 Å². The van der Waals surface area contributed by atoms with Crippen molar-refractivity contribution in [2.24, 2.45) is 10.2 Å². The van der Waals surface area contributed by atoms with Crippen molar-refractivity contribution < 1.29 is 28.5 Å². The van der Waals surface area contributed by atoms with E-state index >= 15 is 0 Å². The molecule has 0 radical (unpaired) electrons. The zero-order chi connectivity index (χ0) is 24.5. The van der Waals surface area contributed by atoms with Crippen LogP contribution in [0.15, 0.2) is 40.6 Å². The number of amides is 1. The Balaban J connectivity index is 2.40. The normalized spacial score (nSPS) is 11.7. The number of nitrogens with zero attached hydrogens (tertiary/aromatic N) is 3. The Morgan fingerprint density at radius 1 is 1.00 bits per heavy atom. The van der Waals surface area contributed by atoms with Crippen molar-refractivity contribution in [2.45, 2.75) is 26.8 Å². The number of carbonyl (C=O) groups is 2. The minimum Gasteiger partial charge on any atom is -0.497 e. The maximum absolute atomic E-state index is 13.0. The van der Waals surface area contributed by atoms with E-state index in [-0.39, 0.29) is 16.4 Å². The molecule has 1 amide bonds. The lowest BCUT2D eigenvalue weighted by atomic mass is 10.2. The fourth-order valence-electron chi connectivity index (χ4n) is 2.74. The molecule has 2 aromatic rings. The van der Waals surface area contributed by atoms with Crippen LogP contribution in [0.3, 0.4) is 0 Å². The van der Waals surface area contributed by atoms with Gasteiger partial charge in [0.2, 0.25) is 6.04 Å². The van der Waals surface area contributed by atoms with E-state index < -0.39 is 17.7 Å². The number of benzene rings is 2. The van der Waals surface area contributed by atoms with E-state index in [1.54, 1.807) is 26.0 Å². The van der Waals surface area contributed by atoms with Crippen molar-refractivity contribution in [3.8, 4) is 23.0 Å². The molecule has 0 aliphatic heterocycles. The quantitative estimate of drug-likeness (QED) is 0.234. The Morgan fingerprint density at radius 3 is 2.09 bits per heavy atom. The van der Waals surface area contributed by atoms with Crippen LogP contribution in [0.1, 0.15) is 20.8 Å². The Morgan fingerprint density at radius 2 is 1.61 bits per heavy atom. The molecule has 0 aliphatic carbocycles. The molecule has 0 fully saturated rings. The molecular formula is C22H25Cl2N3O6. The van der Waals surface area contributed by atoms with Crippen LogP contribution in [0.4, 0.5) is 11.4 Å². The SMILES string of the molecule is CCOc1cc(N=NC(C(C)=O)C(=O)N(Cl)c2cc(OC)ccc2OC)cc(OCC)c1Cl. The first-order chi connectivity index (χ1) is 15.8. The van der Waals surface area contributed by atoms with Crippen molar-refractivity contribution in [3.05, 3.63) is 35.4 Å². The number of hydrogen-bond acceptors (Lipinski definition) is 8. The lowest BCUT2D eigenvalue weighted by Crippen LogP contribution is -2.36. The predicted molar refractivity (Wildman–Crippen MR) is 126 cm³/mol. The molecule has 33 heavy (non-hydrogen) atoms. The molecule has 1 atom stereocenters. The number of carbonyl (C=O) groups excluding carboxylic acids is 2. The average molecular weight is 498 g/mol. The minimum atomic E-state index is -1.50. The van der Waals surface area contributed by atoms with Gasteiger partial charge in [0.25, 0.3) is 5.91 Å². The number of ether oxygens (including phenoxy) is 4. The van der Waals surface area contributed by atoms with Gasteiger partial charge in [-0.25, -0.2) is 4.42 Å². The van der Waals surface area contributed by atoms with E-state index in [2.05, 4.69) is 10.2 Å². The summed E-state index contributed by atoms with van der Waals surface area (Å²) in [5.41, 5.74) is 0.471. The fourth-order valence-corrected chi connectivity index (χ4v) is 3.19. The Bertz CT molecular complexity index is 1000. The number of methoxy groups -OCH3 is 2. The van der Waals surface area contributed by atoms with Crippen molar-refractivity contribution in [2.75, 3.05) is 31.9 Å². The highest BCUT2D eigenvalue weighted by atomic mass is 35.5. The lowest BCUT2D eigenvalue weighted by Gasteiger charge is -2.19. The van der Waals surface area contributed by atoms with Gasteiger partial charge in [-0.1, -0.05) is 11.6 Å². The van der Waals surface area contributed by atoms with E-state index in [1.807, 2.05) is 0 Å². The molecule has 11 heteroatoms. The number of rotatable bonds is 11. The second kappa shape index (κ2) is 12.3. The Labute approximate surface area is 202 Å². The summed E-state index contributed by atoms with van der Waals surface area (Å²) in [7, 11) is 2.90. The van der Waals surface area contributed by atoms with E-state index in [4.69, 9.17) is 42.3 Å². The molecule has 0 spiro atoms. The molecule has 178 valence electrons. The monoisotopic (exact) mass is 497 g/mol. The van der Waals surface area contributed by atoms with E-state index in [1.165, 1.54) is 39.3 Å². The smallest absolute Gasteiger partial charge is 0.276 e. The molecular weight excluding hydrogens is 473 g/mol. The zero-order valence-electron chi connectivity index (χ0n) is 18.9. The van der Waals surface area contributed by atoms with Gasteiger partial charge in [-0.05, 0) is 32.9 Å². The standard InChI is InChI=1S/C22H25Cl2N3O6/c1-6-32-18-10-14(11-19(20(18)23)33-7-2)25-26-21(13(3)28)22(29)27(24)16-12-15(30-4)8-9-17(16)31-5/h8-12,21H,6-7H2,1-5H3. The summed E-state index contributed by atoms with van der Waals surface area (Å²) in [4.78, 5) is 25.2. The highest BCUT2D eigenvalue weighted by molar-refractivity contribution is 6.39. The first-order valence-corrected chi connectivity index (χ1v) is 10.7. The minimum absolute atomic E-state index is 0.189. The lowest BCUT2D eigenvalue weighted by molar-refractivity contribution is -0.126. The van der Waals surface area contributed by atoms with Crippen molar-refractivity contribution in [1.29, 1.82) is 0 Å². The maximum Gasteiger partial charge on any atom is 0.276 e. The highest BCUT2D eigenvalue weighted by Gasteiger charge is 2.30. The van der Waals surface area contributed by atoms with Crippen LogP contribution in [0.5, 0.6) is 23.0 Å². The Kier molecular flexibility index (Phi) is 9.74. The zero-order valence-corrected chi connectivity index (χ0v) is 20.4. The van der Waals surface area contributed by atoms with Crippen LogP contribution < -0.4 is 23.4 Å². The molecule has 0 saturated heterocycles. The summed E-state index contributed by atoms with van der Waals surface area (Å²) in [6, 6.07) is 6.29. The number of anilines is 1. The fraction of sp³-hybridized carbons (Fsp3) is 0.364. The molecule has 2 aromatic carbocycles. The molecule has 2 rings (SSSR count). The summed E-state index contributed by atoms with van der Waals surface area (Å²) in [6.07, 6.45) is 0. The summed E-state index contributed by atoms with van der Waals surface area (Å²) in [6.45, 7) is 5.55. The Hall–Kier alpha value is -3.04. The first-order valence-electron chi connectivity index (χ1n) is 9.99. The number of azo groups is 1. The molecule has 0 bridgehead atoms. The summed E-state index contributed by atoms with van der Waals surface area (Å²) < 4.78 is 22.2. The highest BCUT2D eigenvalue weighted by Crippen LogP contribution is 2.39. The molecule has 1 unspecified atom stereocenters. The number of halogens is 2. The third kappa shape index (κ3) is 6.49. The molecule has 0 heterocycles. The largest absolute Gasteiger partial charge is 0.497 e. The van der Waals surface area contributed by atoms with E-state index in [0.29, 0.717) is 36.2 Å². The molecule has 0 N–H and O–H groups in total. The van der Waals surface area contributed by atoms with Gasteiger partial charge in [0, 0.05) is 30.0 Å². The maximum atomic E-state index is 13.0. The predicted octanol–water partition coefficient (Wildman–Crippen LogP) is 5.38. The average Bonchev–Trinajstić information content (AvgIpc) is 2.80. The number of Topliss-reactive ketones (excluding diaryl/α,β-unsaturated/α-hetero) is 1. The topological polar surface area (TPSA) is 99.0 Å². The van der Waals surface area contributed by atoms with Gasteiger partial charge in [0.1, 0.15) is 33.7 Å². The molecule has 0 saturated carbocycles. The van der Waals surface area contributed by atoms with Crippen molar-refractivity contribution >= 4 is 46.4 Å². The van der Waals surface area contributed by atoms with Crippen LogP contribution in [-0.4, -0.2) is 45.2 Å². The number of hydrogen-bond donors (Lipinski definition) is 0. The van der Waals surface area contributed by atoms with Gasteiger partial charge in [0.15, 0.2) is 5.78 Å². The summed E-state index contributed by atoms with van der Waals surface area (Å²) in [5.74, 6) is 0.0515.